The van der Waals surface area contributed by atoms with Gasteiger partial charge in [-0.1, -0.05) is 127 Å². The van der Waals surface area contributed by atoms with Gasteiger partial charge < -0.3 is 24.6 Å². The third-order valence-corrected chi connectivity index (χ3v) is 8.67. The van der Waals surface area contributed by atoms with Gasteiger partial charge in [0.05, 0.1) is 26.4 Å². The summed E-state index contributed by atoms with van der Waals surface area (Å²) in [6.45, 7) is 3.35. The van der Waals surface area contributed by atoms with E-state index in [1.165, 1.54) is 38.5 Å². The van der Waals surface area contributed by atoms with E-state index in [9.17, 15) is 19.4 Å². The fourth-order valence-corrected chi connectivity index (χ4v) is 5.55. The topological polar surface area (TPSA) is 132 Å². The number of hydrogen-bond acceptors (Lipinski definition) is 8. The van der Waals surface area contributed by atoms with Crippen LogP contribution in [0.15, 0.2) is 48.6 Å². The lowest BCUT2D eigenvalue weighted by Gasteiger charge is -2.20. The van der Waals surface area contributed by atoms with Gasteiger partial charge in [0.25, 0.3) is 0 Å². The maximum atomic E-state index is 12.5. The van der Waals surface area contributed by atoms with Gasteiger partial charge in [0, 0.05) is 13.0 Å². The van der Waals surface area contributed by atoms with Crippen LogP contribution in [-0.2, 0) is 27.9 Å². The fourth-order valence-electron chi connectivity index (χ4n) is 4.76. The van der Waals surface area contributed by atoms with E-state index in [0.717, 1.165) is 83.5 Å². The van der Waals surface area contributed by atoms with Crippen LogP contribution in [0.2, 0.25) is 0 Å². The van der Waals surface area contributed by atoms with Crippen molar-refractivity contribution in [1.29, 1.82) is 0 Å². The Morgan fingerprint density at radius 3 is 1.71 bits per heavy atom. The third-order valence-electron chi connectivity index (χ3n) is 7.72. The second-order valence-electron chi connectivity index (χ2n) is 12.6. The number of esters is 1. The molecule has 0 heterocycles. The number of ether oxygens (including phenoxy) is 2. The first kappa shape index (κ1) is 47.4. The molecule has 0 radical (unpaired) electrons. The molecule has 3 unspecified atom stereocenters. The zero-order valence-corrected chi connectivity index (χ0v) is 31.8. The van der Waals surface area contributed by atoms with Gasteiger partial charge in [0.15, 0.2) is 0 Å². The number of carbonyl (C=O) groups excluding carboxylic acids is 1. The molecule has 0 saturated heterocycles. The molecule has 0 aromatic rings. The number of aliphatic hydroxyl groups excluding tert-OH is 2. The van der Waals surface area contributed by atoms with Gasteiger partial charge >= 0.3 is 13.8 Å². The van der Waals surface area contributed by atoms with E-state index in [0.29, 0.717) is 13.0 Å². The largest absolute Gasteiger partial charge is 0.472 e. The van der Waals surface area contributed by atoms with E-state index in [1.807, 2.05) is 0 Å². The molecule has 3 atom stereocenters. The highest BCUT2D eigenvalue weighted by molar-refractivity contribution is 7.47. The molecule has 9 nitrogen and oxygen atoms in total. The van der Waals surface area contributed by atoms with Crippen molar-refractivity contribution in [3.63, 3.8) is 0 Å². The van der Waals surface area contributed by atoms with Crippen molar-refractivity contribution in [2.75, 3.05) is 33.0 Å². The summed E-state index contributed by atoms with van der Waals surface area (Å²) in [6.07, 6.45) is 37.8. The smallest absolute Gasteiger partial charge is 0.457 e. The summed E-state index contributed by atoms with van der Waals surface area (Å²) in [6, 6.07) is 0. The molecule has 0 aliphatic rings. The van der Waals surface area contributed by atoms with Crippen molar-refractivity contribution < 1.29 is 43.0 Å². The Kier molecular flexibility index (Phi) is 35.1. The highest BCUT2D eigenvalue weighted by Gasteiger charge is 2.26. The average Bonchev–Trinajstić information content (AvgIpc) is 3.09. The van der Waals surface area contributed by atoms with Crippen LogP contribution in [0.3, 0.4) is 0 Å². The summed E-state index contributed by atoms with van der Waals surface area (Å²) in [5.74, 6) is -0.403. The van der Waals surface area contributed by atoms with Crippen LogP contribution in [0.1, 0.15) is 149 Å². The second kappa shape index (κ2) is 36.2. The Bertz CT molecular complexity index is 903. The van der Waals surface area contributed by atoms with Gasteiger partial charge in [0.1, 0.15) is 12.2 Å². The maximum absolute atomic E-state index is 12.5. The first-order valence-electron chi connectivity index (χ1n) is 19.1. The first-order chi connectivity index (χ1) is 23.8. The van der Waals surface area contributed by atoms with Gasteiger partial charge in [-0.15, -0.1) is 0 Å². The highest BCUT2D eigenvalue weighted by atomic mass is 31.2. The lowest BCUT2D eigenvalue weighted by molar-refractivity contribution is -0.154. The molecule has 0 amide bonds. The molecule has 0 spiro atoms. The summed E-state index contributed by atoms with van der Waals surface area (Å²) in [4.78, 5) is 22.5. The fraction of sp³-hybridized carbons (Fsp3) is 0.769. The predicted molar refractivity (Wildman–Crippen MR) is 200 cm³/mol. The normalized spacial score (nSPS) is 14.8. The van der Waals surface area contributed by atoms with Crippen molar-refractivity contribution in [3.05, 3.63) is 48.6 Å². The van der Waals surface area contributed by atoms with Gasteiger partial charge in [-0.3, -0.25) is 13.8 Å². The molecule has 286 valence electrons. The zero-order chi connectivity index (χ0) is 36.1. The van der Waals surface area contributed by atoms with Gasteiger partial charge in [-0.2, -0.15) is 0 Å². The van der Waals surface area contributed by atoms with Gasteiger partial charge in [-0.25, -0.2) is 4.57 Å². The molecule has 10 heteroatoms. The monoisotopic (exact) mass is 714 g/mol. The minimum Gasteiger partial charge on any atom is -0.457 e. The van der Waals surface area contributed by atoms with E-state index >= 15 is 0 Å². The summed E-state index contributed by atoms with van der Waals surface area (Å²) in [7, 11) is -4.52. The number of carbonyl (C=O) groups is 1. The predicted octanol–water partition coefficient (Wildman–Crippen LogP) is 9.86. The molecule has 0 aliphatic carbocycles. The molecule has 0 aromatic carbocycles. The molecule has 0 rings (SSSR count). The van der Waals surface area contributed by atoms with Gasteiger partial charge in [-0.05, 0) is 64.2 Å². The van der Waals surface area contributed by atoms with E-state index < -0.39 is 39.2 Å². The molecule has 0 fully saturated rings. The summed E-state index contributed by atoms with van der Waals surface area (Å²) >= 11 is 0. The van der Waals surface area contributed by atoms with Crippen LogP contribution in [-0.4, -0.2) is 66.3 Å². The summed E-state index contributed by atoms with van der Waals surface area (Å²) in [5.41, 5.74) is 0. The third kappa shape index (κ3) is 36.0. The first-order valence-corrected chi connectivity index (χ1v) is 20.6. The van der Waals surface area contributed by atoms with Crippen LogP contribution in [0.5, 0.6) is 0 Å². The van der Waals surface area contributed by atoms with E-state index in [1.54, 1.807) is 0 Å². The summed E-state index contributed by atoms with van der Waals surface area (Å²) in [5, 5.41) is 18.3. The van der Waals surface area contributed by atoms with Crippen LogP contribution < -0.4 is 0 Å². The van der Waals surface area contributed by atoms with Crippen LogP contribution in [0, 0.1) is 0 Å². The number of aliphatic hydroxyl groups is 2. The lowest BCUT2D eigenvalue weighted by Crippen LogP contribution is -2.29. The molecular weight excluding hydrogens is 643 g/mol. The average molecular weight is 715 g/mol. The van der Waals surface area contributed by atoms with Crippen LogP contribution in [0.25, 0.3) is 0 Å². The molecule has 0 aromatic heterocycles. The molecule has 49 heavy (non-hydrogen) atoms. The quantitative estimate of drug-likeness (QED) is 0.0251. The lowest BCUT2D eigenvalue weighted by atomic mass is 10.1. The number of allylic oxidation sites excluding steroid dienone is 8. The molecule has 3 N–H and O–H groups in total. The van der Waals surface area contributed by atoms with Crippen LogP contribution in [0.4, 0.5) is 0 Å². The van der Waals surface area contributed by atoms with Crippen molar-refractivity contribution in [3.8, 4) is 0 Å². The van der Waals surface area contributed by atoms with E-state index in [4.69, 9.17) is 23.6 Å². The van der Waals surface area contributed by atoms with E-state index in [-0.39, 0.29) is 19.6 Å². The Balaban J connectivity index is 4.29. The van der Waals surface area contributed by atoms with Crippen LogP contribution >= 0.6 is 7.82 Å². The summed E-state index contributed by atoms with van der Waals surface area (Å²) < 4.78 is 33.2. The van der Waals surface area contributed by atoms with Gasteiger partial charge in [0.2, 0.25) is 0 Å². The standard InChI is InChI=1S/C39H71O9P/c1-3-5-7-9-11-13-15-17-19-21-23-25-27-29-31-39(42)48-38(36-47-49(43,44)46-34-37(41)33-40)35-45-32-30-28-26-24-22-20-18-16-14-12-10-8-6-4-2/h8-11,14-17,37-38,40-41H,3-7,12-13,18-36H2,1-2H3,(H,43,44)/b10-8-,11-9-,16-14-,17-15-. The molecule has 0 bridgehead atoms. The Morgan fingerprint density at radius 1 is 0.633 bits per heavy atom. The van der Waals surface area contributed by atoms with Crippen molar-refractivity contribution >= 4 is 13.8 Å². The second-order valence-corrected chi connectivity index (χ2v) is 14.0. The molecule has 0 saturated carbocycles. The zero-order valence-electron chi connectivity index (χ0n) is 30.9. The van der Waals surface area contributed by atoms with Crippen molar-refractivity contribution in [1.82, 2.24) is 0 Å². The SMILES string of the molecule is CCC/C=C\C/C=C\CCCCCCCCOCC(COP(=O)(O)OCC(O)CO)OC(=O)CCCCCCC/C=C\C/C=C\CCCC. The van der Waals surface area contributed by atoms with Crippen molar-refractivity contribution in [2.24, 2.45) is 0 Å². The number of phosphoric ester groups is 1. The molecule has 0 aliphatic heterocycles. The maximum Gasteiger partial charge on any atom is 0.472 e. The number of phosphoric acid groups is 1. The molecular formula is C39H71O9P. The number of rotatable bonds is 36. The minimum absolute atomic E-state index is 0.0347. The van der Waals surface area contributed by atoms with Crippen molar-refractivity contribution in [2.45, 2.75) is 161 Å². The highest BCUT2D eigenvalue weighted by Crippen LogP contribution is 2.43. The Morgan fingerprint density at radius 2 is 1.14 bits per heavy atom. The Labute approximate surface area is 298 Å². The minimum atomic E-state index is -4.52. The Hall–Kier alpha value is -1.58. The van der Waals surface area contributed by atoms with E-state index in [2.05, 4.69) is 62.5 Å². The number of hydrogen-bond donors (Lipinski definition) is 3. The number of unbranched alkanes of at least 4 members (excludes halogenated alkanes) is 14.